The number of piperidine rings is 1. The molecule has 1 heterocycles. The summed E-state index contributed by atoms with van der Waals surface area (Å²) in [6.45, 7) is 6.83. The lowest BCUT2D eigenvalue weighted by Gasteiger charge is -2.56. The van der Waals surface area contributed by atoms with Crippen molar-refractivity contribution in [1.29, 1.82) is 0 Å². The molecule has 0 bridgehead atoms. The van der Waals surface area contributed by atoms with Crippen molar-refractivity contribution in [2.75, 3.05) is 33.8 Å². The molecule has 1 saturated carbocycles. The molecular weight excluding hydrogens is 412 g/mol. The Kier molecular flexibility index (Phi) is 7.10. The fourth-order valence-corrected chi connectivity index (χ4v) is 6.05. The summed E-state index contributed by atoms with van der Waals surface area (Å²) in [5, 5.41) is 11.5. The highest BCUT2D eigenvalue weighted by Crippen LogP contribution is 2.50. The minimum atomic E-state index is -0.462. The molecule has 4 unspecified atom stereocenters. The summed E-state index contributed by atoms with van der Waals surface area (Å²) in [5.74, 6) is 1.38. The summed E-state index contributed by atoms with van der Waals surface area (Å²) in [5.41, 5.74) is 1.75. The lowest BCUT2D eigenvalue weighted by atomic mass is 9.56. The van der Waals surface area contributed by atoms with E-state index in [9.17, 15) is 9.90 Å². The smallest absolute Gasteiger partial charge is 0.254 e. The van der Waals surface area contributed by atoms with Crippen molar-refractivity contribution in [2.45, 2.75) is 50.7 Å². The number of methoxy groups -OCH3 is 1. The summed E-state index contributed by atoms with van der Waals surface area (Å²) in [6, 6.07) is 17.9. The quantitative estimate of drug-likeness (QED) is 0.717. The molecule has 0 spiro atoms. The molecule has 1 aliphatic heterocycles. The van der Waals surface area contributed by atoms with Crippen molar-refractivity contribution >= 4 is 5.91 Å². The molecule has 4 rings (SSSR count). The van der Waals surface area contributed by atoms with Crippen molar-refractivity contribution in [3.05, 3.63) is 65.7 Å². The van der Waals surface area contributed by atoms with Gasteiger partial charge in [-0.25, -0.2) is 0 Å². The minimum Gasteiger partial charge on any atom is -0.497 e. The van der Waals surface area contributed by atoms with Crippen LogP contribution in [-0.2, 0) is 5.41 Å². The normalized spacial score (nSPS) is 27.8. The number of carbonyl (C=O) groups excluding carboxylic acids is 1. The van der Waals surface area contributed by atoms with Gasteiger partial charge in [0.25, 0.3) is 5.91 Å². The monoisotopic (exact) mass is 450 g/mol. The summed E-state index contributed by atoms with van der Waals surface area (Å²) in [6.07, 6.45) is 1.98. The fourth-order valence-electron chi connectivity index (χ4n) is 6.05. The molecule has 2 aromatic carbocycles. The number of amides is 1. The average molecular weight is 451 g/mol. The van der Waals surface area contributed by atoms with Gasteiger partial charge >= 0.3 is 0 Å². The lowest BCUT2D eigenvalue weighted by molar-refractivity contribution is -0.0606. The zero-order chi connectivity index (χ0) is 23.6. The number of fused-ring (bicyclic) bond motifs is 1. The Morgan fingerprint density at radius 1 is 1.21 bits per heavy atom. The van der Waals surface area contributed by atoms with Crippen LogP contribution in [0.15, 0.2) is 54.6 Å². The molecule has 178 valence electrons. The second kappa shape index (κ2) is 9.86. The van der Waals surface area contributed by atoms with Crippen LogP contribution in [0.1, 0.15) is 49.0 Å². The van der Waals surface area contributed by atoms with E-state index in [1.54, 1.807) is 7.11 Å². The van der Waals surface area contributed by atoms with E-state index in [1.165, 1.54) is 5.56 Å². The van der Waals surface area contributed by atoms with Gasteiger partial charge in [-0.15, -0.1) is 0 Å². The Morgan fingerprint density at radius 3 is 2.67 bits per heavy atom. The molecule has 2 aliphatic rings. The first kappa shape index (κ1) is 23.8. The Labute approximate surface area is 198 Å². The molecular formula is C28H38N2O3. The summed E-state index contributed by atoms with van der Waals surface area (Å²) in [4.78, 5) is 18.0. The first-order valence-corrected chi connectivity index (χ1v) is 12.2. The number of hydrogen-bond donors (Lipinski definition) is 1. The van der Waals surface area contributed by atoms with Gasteiger partial charge in [0.05, 0.1) is 13.2 Å². The van der Waals surface area contributed by atoms with E-state index in [1.807, 2.05) is 41.3 Å². The predicted molar refractivity (Wildman–Crippen MR) is 132 cm³/mol. The number of likely N-dealkylation sites (tertiary alicyclic amines) is 1. The van der Waals surface area contributed by atoms with Crippen molar-refractivity contribution < 1.29 is 14.6 Å². The van der Waals surface area contributed by atoms with Gasteiger partial charge in [0.1, 0.15) is 5.75 Å². The average Bonchev–Trinajstić information content (AvgIpc) is 2.83. The number of rotatable bonds is 6. The summed E-state index contributed by atoms with van der Waals surface area (Å²) < 4.78 is 5.56. The Morgan fingerprint density at radius 2 is 1.97 bits per heavy atom. The van der Waals surface area contributed by atoms with E-state index >= 15 is 0 Å². The molecule has 1 amide bonds. The Bertz CT molecular complexity index is 947. The fraction of sp³-hybridized carbons (Fsp3) is 0.536. The molecule has 2 fully saturated rings. The van der Waals surface area contributed by atoms with Crippen molar-refractivity contribution in [3.8, 4) is 5.75 Å². The lowest BCUT2D eigenvalue weighted by Crippen LogP contribution is -2.61. The van der Waals surface area contributed by atoms with Crippen LogP contribution in [-0.4, -0.2) is 66.8 Å². The van der Waals surface area contributed by atoms with Gasteiger partial charge in [0.15, 0.2) is 0 Å². The topological polar surface area (TPSA) is 53.0 Å². The van der Waals surface area contributed by atoms with Gasteiger partial charge in [-0.3, -0.25) is 4.79 Å². The molecule has 33 heavy (non-hydrogen) atoms. The number of hydrogen-bond acceptors (Lipinski definition) is 4. The van der Waals surface area contributed by atoms with E-state index in [0.717, 1.165) is 31.7 Å². The molecule has 2 aromatic rings. The SMILES string of the molecule is COc1cccc(C23CCN(C)CC2C(O)CC(N(CC(C)C)C(=O)c2ccccc2)C3)c1. The van der Waals surface area contributed by atoms with Crippen LogP contribution < -0.4 is 4.74 Å². The molecule has 1 saturated heterocycles. The van der Waals surface area contributed by atoms with E-state index in [2.05, 4.69) is 44.0 Å². The number of carbonyl (C=O) groups is 1. The van der Waals surface area contributed by atoms with Crippen molar-refractivity contribution in [1.82, 2.24) is 9.80 Å². The van der Waals surface area contributed by atoms with Gasteiger partial charge in [0.2, 0.25) is 0 Å². The third-order valence-electron chi connectivity index (χ3n) is 7.66. The van der Waals surface area contributed by atoms with Crippen LogP contribution in [0.4, 0.5) is 0 Å². The van der Waals surface area contributed by atoms with Gasteiger partial charge in [-0.05, 0) is 68.6 Å². The van der Waals surface area contributed by atoms with E-state index < -0.39 is 6.10 Å². The first-order chi connectivity index (χ1) is 15.8. The first-order valence-electron chi connectivity index (χ1n) is 12.2. The zero-order valence-corrected chi connectivity index (χ0v) is 20.4. The Hall–Kier alpha value is -2.37. The van der Waals surface area contributed by atoms with Crippen LogP contribution in [0.3, 0.4) is 0 Å². The van der Waals surface area contributed by atoms with Crippen LogP contribution in [0.5, 0.6) is 5.75 Å². The minimum absolute atomic E-state index is 0.0130. The van der Waals surface area contributed by atoms with Crippen LogP contribution >= 0.6 is 0 Å². The van der Waals surface area contributed by atoms with E-state index in [4.69, 9.17) is 4.74 Å². The molecule has 5 nitrogen and oxygen atoms in total. The largest absolute Gasteiger partial charge is 0.497 e. The maximum atomic E-state index is 13.7. The van der Waals surface area contributed by atoms with E-state index in [-0.39, 0.29) is 23.3 Å². The van der Waals surface area contributed by atoms with Gasteiger partial charge in [-0.1, -0.05) is 44.2 Å². The molecule has 5 heteroatoms. The number of aliphatic hydroxyl groups excluding tert-OH is 1. The van der Waals surface area contributed by atoms with Gasteiger partial charge in [-0.2, -0.15) is 0 Å². The van der Waals surface area contributed by atoms with Crippen molar-refractivity contribution in [3.63, 3.8) is 0 Å². The molecule has 1 aliphatic carbocycles. The maximum Gasteiger partial charge on any atom is 0.254 e. The highest BCUT2D eigenvalue weighted by atomic mass is 16.5. The summed E-state index contributed by atoms with van der Waals surface area (Å²) >= 11 is 0. The van der Waals surface area contributed by atoms with Crippen molar-refractivity contribution in [2.24, 2.45) is 11.8 Å². The van der Waals surface area contributed by atoms with Crippen LogP contribution in [0.25, 0.3) is 0 Å². The van der Waals surface area contributed by atoms with Crippen LogP contribution in [0, 0.1) is 11.8 Å². The molecule has 0 radical (unpaired) electrons. The third-order valence-corrected chi connectivity index (χ3v) is 7.66. The standard InChI is InChI=1S/C28H38N2O3/c1-20(2)18-30(27(32)21-9-6-5-7-10-21)23-16-26(31)25-19-29(3)14-13-28(25,17-23)22-11-8-12-24(15-22)33-4/h5-12,15,20,23,25-26,31H,13-14,16-19H2,1-4H3. The maximum absolute atomic E-state index is 13.7. The molecule has 4 atom stereocenters. The number of nitrogens with zero attached hydrogens (tertiary/aromatic N) is 2. The number of benzene rings is 2. The van der Waals surface area contributed by atoms with E-state index in [0.29, 0.717) is 24.4 Å². The predicted octanol–water partition coefficient (Wildman–Crippen LogP) is 4.21. The molecule has 0 aromatic heterocycles. The van der Waals surface area contributed by atoms with Crippen LogP contribution in [0.2, 0.25) is 0 Å². The summed E-state index contributed by atoms with van der Waals surface area (Å²) in [7, 11) is 3.84. The highest BCUT2D eigenvalue weighted by molar-refractivity contribution is 5.94. The highest BCUT2D eigenvalue weighted by Gasteiger charge is 2.53. The van der Waals surface area contributed by atoms with Gasteiger partial charge in [0, 0.05) is 36.0 Å². The third kappa shape index (κ3) is 4.80. The zero-order valence-electron chi connectivity index (χ0n) is 20.4. The number of aliphatic hydroxyl groups is 1. The number of ether oxygens (including phenoxy) is 1. The Balaban J connectivity index is 1.74. The van der Waals surface area contributed by atoms with Gasteiger partial charge < -0.3 is 19.6 Å². The molecule has 1 N–H and O–H groups in total. The second-order valence-corrected chi connectivity index (χ2v) is 10.4. The second-order valence-electron chi connectivity index (χ2n) is 10.4.